The van der Waals surface area contributed by atoms with Crippen LogP contribution in [0.1, 0.15) is 32.2 Å². The number of hydrogen-bond acceptors (Lipinski definition) is 4. The molecule has 1 saturated carbocycles. The highest BCUT2D eigenvalue weighted by Crippen LogP contribution is 2.36. The lowest BCUT2D eigenvalue weighted by molar-refractivity contribution is 0.375. The summed E-state index contributed by atoms with van der Waals surface area (Å²) in [6.45, 7) is 2.31. The first-order valence-corrected chi connectivity index (χ1v) is 8.67. The molecule has 0 saturated heterocycles. The van der Waals surface area contributed by atoms with E-state index in [1.165, 1.54) is 19.3 Å². The van der Waals surface area contributed by atoms with Crippen LogP contribution in [-0.4, -0.2) is 34.6 Å². The molecule has 126 valence electrons. The van der Waals surface area contributed by atoms with Crippen LogP contribution < -0.4 is 0 Å². The standard InChI is InChI=1S/C18H19N7/c1-12-3-2-4-16(12)24-10-14(9-22-24)18-17-5-6-21-25(17)11-15(23-18)13-7-19-20-8-13/h5-12,16H,2-4H2,1H3,(H,19,20). The van der Waals surface area contributed by atoms with Crippen LogP contribution in [0.15, 0.2) is 43.2 Å². The smallest absolute Gasteiger partial charge is 0.0999 e. The predicted molar refractivity (Wildman–Crippen MR) is 93.8 cm³/mol. The molecule has 0 radical (unpaired) electrons. The molecule has 1 aliphatic carbocycles. The molecule has 0 aliphatic heterocycles. The van der Waals surface area contributed by atoms with E-state index in [-0.39, 0.29) is 0 Å². The molecule has 7 heteroatoms. The molecule has 25 heavy (non-hydrogen) atoms. The molecular weight excluding hydrogens is 314 g/mol. The van der Waals surface area contributed by atoms with Gasteiger partial charge >= 0.3 is 0 Å². The summed E-state index contributed by atoms with van der Waals surface area (Å²) in [6.07, 6.45) is 15.1. The lowest BCUT2D eigenvalue weighted by atomic mass is 10.1. The van der Waals surface area contributed by atoms with E-state index in [9.17, 15) is 0 Å². The van der Waals surface area contributed by atoms with Gasteiger partial charge in [-0.15, -0.1) is 0 Å². The summed E-state index contributed by atoms with van der Waals surface area (Å²) in [5.41, 5.74) is 4.67. The first-order valence-electron chi connectivity index (χ1n) is 8.67. The van der Waals surface area contributed by atoms with Gasteiger partial charge in [-0.05, 0) is 24.8 Å². The van der Waals surface area contributed by atoms with E-state index in [1.54, 1.807) is 12.4 Å². The van der Waals surface area contributed by atoms with E-state index in [1.807, 2.05) is 29.2 Å². The van der Waals surface area contributed by atoms with Gasteiger partial charge in [-0.25, -0.2) is 9.50 Å². The van der Waals surface area contributed by atoms with Gasteiger partial charge in [0.05, 0.1) is 47.7 Å². The Hall–Kier alpha value is -2.96. The lowest BCUT2D eigenvalue weighted by Crippen LogP contribution is -2.11. The molecule has 0 spiro atoms. The Balaban J connectivity index is 1.63. The minimum absolute atomic E-state index is 0.492. The number of aromatic nitrogens is 7. The van der Waals surface area contributed by atoms with Crippen molar-refractivity contribution in [1.29, 1.82) is 0 Å². The zero-order valence-corrected chi connectivity index (χ0v) is 14.0. The Kier molecular flexibility index (Phi) is 3.19. The van der Waals surface area contributed by atoms with Gasteiger partial charge in [0.15, 0.2) is 0 Å². The molecular formula is C18H19N7. The Morgan fingerprint density at radius 2 is 2.08 bits per heavy atom. The third kappa shape index (κ3) is 2.34. The molecule has 4 aromatic rings. The highest BCUT2D eigenvalue weighted by Gasteiger charge is 2.26. The number of nitrogens with zero attached hydrogens (tertiary/aromatic N) is 6. The number of nitrogens with one attached hydrogen (secondary N) is 1. The highest BCUT2D eigenvalue weighted by molar-refractivity contribution is 5.78. The van der Waals surface area contributed by atoms with E-state index in [0.29, 0.717) is 12.0 Å². The molecule has 4 aromatic heterocycles. The average Bonchev–Trinajstić information content (AvgIpc) is 3.39. The summed E-state index contributed by atoms with van der Waals surface area (Å²) in [7, 11) is 0. The molecule has 1 fully saturated rings. The highest BCUT2D eigenvalue weighted by atomic mass is 15.3. The topological polar surface area (TPSA) is 76.7 Å². The Bertz CT molecular complexity index is 1010. The summed E-state index contributed by atoms with van der Waals surface area (Å²) >= 11 is 0. The van der Waals surface area contributed by atoms with Gasteiger partial charge in [0.25, 0.3) is 0 Å². The zero-order valence-electron chi connectivity index (χ0n) is 14.0. The summed E-state index contributed by atoms with van der Waals surface area (Å²) in [5.74, 6) is 0.674. The largest absolute Gasteiger partial charge is 0.285 e. The summed E-state index contributed by atoms with van der Waals surface area (Å²) in [5, 5.41) is 15.9. The molecule has 1 aliphatic rings. The number of aromatic amines is 1. The van der Waals surface area contributed by atoms with Gasteiger partial charge in [-0.3, -0.25) is 9.78 Å². The van der Waals surface area contributed by atoms with Gasteiger partial charge < -0.3 is 0 Å². The maximum atomic E-state index is 4.87. The molecule has 7 nitrogen and oxygen atoms in total. The summed E-state index contributed by atoms with van der Waals surface area (Å²) < 4.78 is 3.98. The van der Waals surface area contributed by atoms with Crippen LogP contribution >= 0.6 is 0 Å². The molecule has 0 aromatic carbocycles. The van der Waals surface area contributed by atoms with Crippen molar-refractivity contribution in [2.75, 3.05) is 0 Å². The molecule has 0 amide bonds. The van der Waals surface area contributed by atoms with Gasteiger partial charge in [0.1, 0.15) is 0 Å². The van der Waals surface area contributed by atoms with E-state index in [4.69, 9.17) is 4.98 Å². The van der Waals surface area contributed by atoms with Crippen molar-refractivity contribution in [2.45, 2.75) is 32.2 Å². The van der Waals surface area contributed by atoms with E-state index >= 15 is 0 Å². The third-order valence-corrected chi connectivity index (χ3v) is 5.21. The Labute approximate surface area is 144 Å². The summed E-state index contributed by atoms with van der Waals surface area (Å²) in [4.78, 5) is 4.87. The molecule has 5 rings (SSSR count). The van der Waals surface area contributed by atoms with E-state index < -0.39 is 0 Å². The summed E-state index contributed by atoms with van der Waals surface area (Å²) in [6, 6.07) is 2.48. The van der Waals surface area contributed by atoms with Crippen molar-refractivity contribution < 1.29 is 0 Å². The minimum atomic E-state index is 0.492. The van der Waals surface area contributed by atoms with Gasteiger partial charge in [-0.2, -0.15) is 15.3 Å². The van der Waals surface area contributed by atoms with Gasteiger partial charge in [0, 0.05) is 23.5 Å². The van der Waals surface area contributed by atoms with Crippen molar-refractivity contribution in [3.8, 4) is 22.5 Å². The van der Waals surface area contributed by atoms with Crippen LogP contribution in [0.25, 0.3) is 28.0 Å². The molecule has 4 heterocycles. The number of rotatable bonds is 3. The number of hydrogen-bond donors (Lipinski definition) is 1. The predicted octanol–water partition coefficient (Wildman–Crippen LogP) is 3.34. The maximum Gasteiger partial charge on any atom is 0.0999 e. The lowest BCUT2D eigenvalue weighted by Gasteiger charge is -2.15. The number of H-pyrrole nitrogens is 1. The maximum absolute atomic E-state index is 4.87. The first kappa shape index (κ1) is 14.4. The van der Waals surface area contributed by atoms with Crippen LogP contribution in [0, 0.1) is 5.92 Å². The van der Waals surface area contributed by atoms with Crippen LogP contribution in [0.3, 0.4) is 0 Å². The van der Waals surface area contributed by atoms with Crippen molar-refractivity contribution >= 4 is 5.52 Å². The second-order valence-electron chi connectivity index (χ2n) is 6.81. The van der Waals surface area contributed by atoms with Gasteiger partial charge in [0.2, 0.25) is 0 Å². The Morgan fingerprint density at radius 1 is 1.12 bits per heavy atom. The zero-order chi connectivity index (χ0) is 16.8. The fourth-order valence-electron chi connectivity index (χ4n) is 3.83. The minimum Gasteiger partial charge on any atom is -0.285 e. The van der Waals surface area contributed by atoms with Gasteiger partial charge in [-0.1, -0.05) is 13.3 Å². The molecule has 2 unspecified atom stereocenters. The number of fused-ring (bicyclic) bond motifs is 1. The van der Waals surface area contributed by atoms with Crippen molar-refractivity contribution in [3.05, 3.63) is 43.2 Å². The van der Waals surface area contributed by atoms with Crippen molar-refractivity contribution in [3.63, 3.8) is 0 Å². The third-order valence-electron chi connectivity index (χ3n) is 5.21. The second kappa shape index (κ2) is 5.54. The van der Waals surface area contributed by atoms with E-state index in [0.717, 1.165) is 28.0 Å². The van der Waals surface area contributed by atoms with Crippen LogP contribution in [0.2, 0.25) is 0 Å². The van der Waals surface area contributed by atoms with Crippen LogP contribution in [-0.2, 0) is 0 Å². The SMILES string of the molecule is CC1CCCC1n1cc(-c2nc(-c3cn[nH]c3)cn3nccc23)cn1. The molecule has 1 N–H and O–H groups in total. The monoisotopic (exact) mass is 333 g/mol. The van der Waals surface area contributed by atoms with Crippen LogP contribution in [0.5, 0.6) is 0 Å². The quantitative estimate of drug-likeness (QED) is 0.624. The average molecular weight is 333 g/mol. The molecule has 2 atom stereocenters. The van der Waals surface area contributed by atoms with E-state index in [2.05, 4.69) is 38.2 Å². The Morgan fingerprint density at radius 3 is 2.88 bits per heavy atom. The molecule has 0 bridgehead atoms. The van der Waals surface area contributed by atoms with Crippen molar-refractivity contribution in [2.24, 2.45) is 5.92 Å². The normalized spacial score (nSPS) is 20.5. The first-order chi connectivity index (χ1) is 12.3. The van der Waals surface area contributed by atoms with Crippen LogP contribution in [0.4, 0.5) is 0 Å². The fourth-order valence-corrected chi connectivity index (χ4v) is 3.83. The second-order valence-corrected chi connectivity index (χ2v) is 6.81. The van der Waals surface area contributed by atoms with Crippen molar-refractivity contribution in [1.82, 2.24) is 34.6 Å². The fraction of sp³-hybridized carbons (Fsp3) is 0.333.